The molecule has 0 aliphatic rings. The first kappa shape index (κ1) is 23.2. The van der Waals surface area contributed by atoms with Gasteiger partial charge in [-0.05, 0) is 0 Å². The van der Waals surface area contributed by atoms with Crippen LogP contribution >= 0.6 is 0 Å². The van der Waals surface area contributed by atoms with Gasteiger partial charge in [0.15, 0.2) is 0 Å². The first-order chi connectivity index (χ1) is 4.00. The van der Waals surface area contributed by atoms with E-state index in [9.17, 15) is 0 Å². The van der Waals surface area contributed by atoms with Crippen molar-refractivity contribution in [1.82, 2.24) is 0 Å². The summed E-state index contributed by atoms with van der Waals surface area (Å²) in [6.45, 7) is 0. The Morgan fingerprint density at radius 2 is 0.917 bits per heavy atom. The van der Waals surface area contributed by atoms with Gasteiger partial charge in [0.25, 0.3) is 0 Å². The third-order valence-electron chi connectivity index (χ3n) is 0. The fourth-order valence-corrected chi connectivity index (χ4v) is 0. The van der Waals surface area contributed by atoms with Gasteiger partial charge in [0, 0.05) is 17.1 Å². The largest absolute Gasteiger partial charge is 0.668 e. The molecule has 12 heteroatoms. The van der Waals surface area contributed by atoms with E-state index in [1.165, 1.54) is 0 Å². The van der Waals surface area contributed by atoms with Crippen LogP contribution in [-0.4, -0.2) is 68.8 Å². The van der Waals surface area contributed by atoms with Gasteiger partial charge in [0.2, 0.25) is 0 Å². The average molecular weight is 276 g/mol. The Morgan fingerprint density at radius 3 is 0.917 bits per heavy atom. The van der Waals surface area contributed by atoms with Crippen molar-refractivity contribution in [3.63, 3.8) is 0 Å². The van der Waals surface area contributed by atoms with Crippen molar-refractivity contribution in [1.29, 1.82) is 0 Å². The molecule has 0 saturated carbocycles. The molecule has 0 radical (unpaired) electrons. The van der Waals surface area contributed by atoms with Crippen LogP contribution in [0.15, 0.2) is 0 Å². The molecule has 0 aliphatic heterocycles. The van der Waals surface area contributed by atoms with Crippen LogP contribution in [0.5, 0.6) is 0 Å². The summed E-state index contributed by atoms with van der Waals surface area (Å²) >= 11 is 0. The van der Waals surface area contributed by atoms with E-state index in [4.69, 9.17) is 36.7 Å². The standard InChI is InChI=1S/Fe.Mg.H2O4S.H4O4Si.2H/c;;2*1-5(2,3)4;;/h;;(H2,1,2,3,4);1-4H;;. The summed E-state index contributed by atoms with van der Waals surface area (Å²) in [6.07, 6.45) is 0. The molecular weight excluding hydrogens is 268 g/mol. The van der Waals surface area contributed by atoms with Crippen LogP contribution < -0.4 is 0 Å². The van der Waals surface area contributed by atoms with E-state index >= 15 is 0 Å². The van der Waals surface area contributed by atoms with Gasteiger partial charge >= 0.3 is 42.5 Å². The van der Waals surface area contributed by atoms with Crippen molar-refractivity contribution in [2.24, 2.45) is 0 Å². The van der Waals surface area contributed by atoms with Crippen LogP contribution in [0.2, 0.25) is 0 Å². The fourth-order valence-electron chi connectivity index (χ4n) is 0. The summed E-state index contributed by atoms with van der Waals surface area (Å²) in [6, 6.07) is 0. The normalized spacial score (nSPS) is 9.83. The van der Waals surface area contributed by atoms with Gasteiger partial charge in [-0.2, -0.15) is 8.42 Å². The van der Waals surface area contributed by atoms with Crippen molar-refractivity contribution < 1.29 is 53.8 Å². The molecule has 0 aromatic heterocycles. The van der Waals surface area contributed by atoms with Crippen LogP contribution in [-0.2, 0) is 27.5 Å². The van der Waals surface area contributed by atoms with E-state index in [-0.39, 0.29) is 40.1 Å². The maximum absolute atomic E-state index is 8.74. The summed E-state index contributed by atoms with van der Waals surface area (Å²) in [5.74, 6) is 0. The molecule has 12 heavy (non-hydrogen) atoms. The Labute approximate surface area is 95.9 Å². The Hall–Kier alpha value is 1.21. The van der Waals surface area contributed by atoms with Crippen LogP contribution in [0.25, 0.3) is 0 Å². The Bertz CT molecular complexity index is 154. The van der Waals surface area contributed by atoms with Crippen molar-refractivity contribution in [3.05, 3.63) is 0 Å². The minimum atomic E-state index is -4.67. The zero-order valence-electron chi connectivity index (χ0n) is 4.76. The summed E-state index contributed by atoms with van der Waals surface area (Å²) in [5, 5.41) is 0. The maximum Gasteiger partial charge on any atom is 0.668 e. The van der Waals surface area contributed by atoms with E-state index in [1.807, 2.05) is 0 Å². The molecule has 0 aromatic carbocycles. The second-order valence-corrected chi connectivity index (χ2v) is 3.14. The van der Waals surface area contributed by atoms with Gasteiger partial charge in [-0.25, -0.2) is 0 Å². The van der Waals surface area contributed by atoms with Gasteiger partial charge < -0.3 is 19.2 Å². The van der Waals surface area contributed by atoms with Gasteiger partial charge in [0.05, 0.1) is 0 Å². The van der Waals surface area contributed by atoms with Gasteiger partial charge in [0.1, 0.15) is 0 Å². The maximum atomic E-state index is 8.74. The van der Waals surface area contributed by atoms with Crippen LogP contribution in [0.3, 0.4) is 0 Å². The summed E-state index contributed by atoms with van der Waals surface area (Å²) in [7, 11) is -9.28. The Balaban J connectivity index is -0.0000000457. The molecule has 0 unspecified atom stereocenters. The van der Waals surface area contributed by atoms with Crippen LogP contribution in [0.1, 0.15) is 0 Å². The molecule has 76 valence electrons. The third kappa shape index (κ3) is 795. The van der Waals surface area contributed by atoms with Gasteiger partial charge in [-0.15, -0.1) is 0 Å². The van der Waals surface area contributed by atoms with E-state index in [0.717, 1.165) is 0 Å². The third-order valence-corrected chi connectivity index (χ3v) is 0. The second kappa shape index (κ2) is 8.80. The predicted octanol–water partition coefficient (Wildman–Crippen LogP) is -4.18. The summed E-state index contributed by atoms with van der Waals surface area (Å²) in [4.78, 5) is 29.3. The Kier molecular flexibility index (Phi) is 17.0. The molecule has 6 N–H and O–H groups in total. The van der Waals surface area contributed by atoms with Crippen molar-refractivity contribution in [2.75, 3.05) is 0 Å². The van der Waals surface area contributed by atoms with E-state index in [0.29, 0.717) is 0 Å². The van der Waals surface area contributed by atoms with Crippen molar-refractivity contribution >= 4 is 42.5 Å². The minimum Gasteiger partial charge on any atom is -0.368 e. The second-order valence-electron chi connectivity index (χ2n) is 1.05. The van der Waals surface area contributed by atoms with Gasteiger partial charge in [-0.3, -0.25) is 9.11 Å². The molecular formula is H8FeMgO8SSi. The number of rotatable bonds is 0. The molecule has 0 atom stereocenters. The zero-order valence-corrected chi connectivity index (χ0v) is 7.68. The molecule has 0 amide bonds. The molecule has 0 rings (SSSR count). The fraction of sp³-hybridized carbons (Fsp3) is 0. The monoisotopic (exact) mass is 276 g/mol. The molecule has 0 aromatic rings. The number of hydrogen-bond acceptors (Lipinski definition) is 6. The summed E-state index contributed by atoms with van der Waals surface area (Å²) < 4.78 is 31.6. The van der Waals surface area contributed by atoms with Crippen molar-refractivity contribution in [2.45, 2.75) is 0 Å². The molecule has 0 aliphatic carbocycles. The smallest absolute Gasteiger partial charge is 0.368 e. The number of hydrogen-bond donors (Lipinski definition) is 6. The molecule has 0 heterocycles. The van der Waals surface area contributed by atoms with Crippen LogP contribution in [0, 0.1) is 0 Å². The minimum absolute atomic E-state index is 0. The van der Waals surface area contributed by atoms with Crippen molar-refractivity contribution in [3.8, 4) is 0 Å². The molecule has 0 spiro atoms. The van der Waals surface area contributed by atoms with E-state index < -0.39 is 19.4 Å². The Morgan fingerprint density at radius 1 is 0.917 bits per heavy atom. The predicted molar refractivity (Wildman–Crippen MR) is 37.4 cm³/mol. The summed E-state index contributed by atoms with van der Waals surface area (Å²) in [5.41, 5.74) is 0. The first-order valence-corrected chi connectivity index (χ1v) is 4.78. The zero-order chi connectivity index (χ0) is 9.00. The average Bonchev–Trinajstić information content (AvgIpc) is 1.12. The molecule has 0 bridgehead atoms. The molecule has 0 fully saturated rings. The molecule has 8 nitrogen and oxygen atoms in total. The quantitative estimate of drug-likeness (QED) is 0.192. The van der Waals surface area contributed by atoms with Gasteiger partial charge in [-0.1, -0.05) is 0 Å². The van der Waals surface area contributed by atoms with Crippen LogP contribution in [0.4, 0.5) is 0 Å². The first-order valence-electron chi connectivity index (χ1n) is 1.59. The topological polar surface area (TPSA) is 156 Å². The van der Waals surface area contributed by atoms with E-state index in [1.54, 1.807) is 0 Å². The SMILES string of the molecule is O=S(=O)(O)O.O[Si](O)(O)O.[Fe].[MgH2]. The van der Waals surface area contributed by atoms with E-state index in [2.05, 4.69) is 0 Å². The molecule has 0 saturated heterocycles.